The van der Waals surface area contributed by atoms with Crippen LogP contribution >= 0.6 is 39.9 Å². The molecule has 7 nitrogen and oxygen atoms in total. The van der Waals surface area contributed by atoms with Gasteiger partial charge in [-0.2, -0.15) is 0 Å². The molecule has 1 saturated heterocycles. The molecule has 0 aliphatic carbocycles. The largest absolute Gasteiger partial charge is 0.493 e. The van der Waals surface area contributed by atoms with Gasteiger partial charge in [0.05, 0.1) is 16.5 Å². The molecule has 1 fully saturated rings. The van der Waals surface area contributed by atoms with E-state index in [-0.39, 0.29) is 18.4 Å². The van der Waals surface area contributed by atoms with Crippen molar-refractivity contribution >= 4 is 67.8 Å². The smallest absolute Gasteiger partial charge is 0.266 e. The molecule has 1 heterocycles. The van der Waals surface area contributed by atoms with Crippen LogP contribution in [0.25, 0.3) is 6.08 Å². The van der Waals surface area contributed by atoms with Crippen LogP contribution in [0.3, 0.4) is 0 Å². The van der Waals surface area contributed by atoms with Gasteiger partial charge >= 0.3 is 0 Å². The van der Waals surface area contributed by atoms with Crippen molar-refractivity contribution in [3.8, 4) is 11.5 Å². The van der Waals surface area contributed by atoms with Crippen molar-refractivity contribution in [3.05, 3.63) is 56.9 Å². The van der Waals surface area contributed by atoms with Crippen LogP contribution in [0, 0.1) is 6.92 Å². The van der Waals surface area contributed by atoms with Gasteiger partial charge in [-0.1, -0.05) is 41.7 Å². The van der Waals surface area contributed by atoms with Crippen molar-refractivity contribution < 1.29 is 23.8 Å². The third-order valence-corrected chi connectivity index (χ3v) is 6.80. The first-order valence-corrected chi connectivity index (χ1v) is 12.4. The molecule has 0 unspecified atom stereocenters. The fourth-order valence-corrected chi connectivity index (χ4v) is 5.03. The normalized spacial score (nSPS) is 14.6. The summed E-state index contributed by atoms with van der Waals surface area (Å²) in [5.41, 5.74) is 2.54. The molecule has 1 aliphatic rings. The molecule has 0 aromatic heterocycles. The second-order valence-corrected chi connectivity index (χ2v) is 9.95. The van der Waals surface area contributed by atoms with Crippen LogP contribution in [0.15, 0.2) is 45.8 Å². The summed E-state index contributed by atoms with van der Waals surface area (Å²) in [7, 11) is 3.14. The summed E-state index contributed by atoms with van der Waals surface area (Å²) >= 11 is 10.1. The Hall–Kier alpha value is -2.40. The highest BCUT2D eigenvalue weighted by molar-refractivity contribution is 9.10. The van der Waals surface area contributed by atoms with E-state index in [1.807, 2.05) is 31.2 Å². The number of thioether (sulfide) groups is 1. The zero-order chi connectivity index (χ0) is 24.7. The first-order valence-electron chi connectivity index (χ1n) is 10.4. The topological polar surface area (TPSA) is 77.1 Å². The molecular formula is C24H25BrN2O5S2. The SMILES string of the molecule is COCCCN1C(=O)/C(=C/c2cc(Br)c(OCC(=O)Nc3ccc(C)cc3)c(OC)c2)SC1=S. The van der Waals surface area contributed by atoms with Crippen LogP contribution in [0.4, 0.5) is 5.69 Å². The van der Waals surface area contributed by atoms with Gasteiger partial charge in [0.1, 0.15) is 4.32 Å². The molecule has 2 amide bonds. The van der Waals surface area contributed by atoms with E-state index in [1.54, 1.807) is 30.2 Å². The molecule has 0 bridgehead atoms. The van der Waals surface area contributed by atoms with Crippen molar-refractivity contribution in [1.29, 1.82) is 0 Å². The Bertz CT molecular complexity index is 1110. The van der Waals surface area contributed by atoms with Gasteiger partial charge in [0.2, 0.25) is 0 Å². The van der Waals surface area contributed by atoms with Gasteiger partial charge in [-0.05, 0) is 65.2 Å². The monoisotopic (exact) mass is 564 g/mol. The minimum Gasteiger partial charge on any atom is -0.493 e. The lowest BCUT2D eigenvalue weighted by molar-refractivity contribution is -0.122. The number of nitrogens with one attached hydrogen (secondary N) is 1. The Labute approximate surface area is 216 Å². The van der Waals surface area contributed by atoms with Crippen molar-refractivity contribution in [2.45, 2.75) is 13.3 Å². The second kappa shape index (κ2) is 12.3. The second-order valence-electron chi connectivity index (χ2n) is 7.42. The molecule has 0 saturated carbocycles. The van der Waals surface area contributed by atoms with Crippen LogP contribution in [-0.4, -0.2) is 55.0 Å². The van der Waals surface area contributed by atoms with E-state index in [2.05, 4.69) is 21.2 Å². The van der Waals surface area contributed by atoms with E-state index < -0.39 is 0 Å². The Morgan fingerprint density at radius 1 is 1.24 bits per heavy atom. The average molecular weight is 566 g/mol. The highest BCUT2D eigenvalue weighted by atomic mass is 79.9. The third-order valence-electron chi connectivity index (χ3n) is 4.84. The van der Waals surface area contributed by atoms with Crippen LogP contribution in [0.2, 0.25) is 0 Å². The number of aryl methyl sites for hydroxylation is 1. The number of methoxy groups -OCH3 is 2. The first kappa shape index (κ1) is 26.2. The Kier molecular flexibility index (Phi) is 9.52. The molecule has 2 aromatic carbocycles. The number of thiocarbonyl (C=S) groups is 1. The average Bonchev–Trinajstić information content (AvgIpc) is 3.07. The van der Waals surface area contributed by atoms with Crippen LogP contribution < -0.4 is 14.8 Å². The van der Waals surface area contributed by atoms with Crippen LogP contribution in [-0.2, 0) is 14.3 Å². The minimum absolute atomic E-state index is 0.130. The Morgan fingerprint density at radius 3 is 2.65 bits per heavy atom. The predicted molar refractivity (Wildman–Crippen MR) is 142 cm³/mol. The number of hydrogen-bond donors (Lipinski definition) is 1. The number of benzene rings is 2. The zero-order valence-corrected chi connectivity index (χ0v) is 22.3. The third kappa shape index (κ3) is 6.82. The highest BCUT2D eigenvalue weighted by Gasteiger charge is 2.31. The number of anilines is 1. The molecule has 1 N–H and O–H groups in total. The predicted octanol–water partition coefficient (Wildman–Crippen LogP) is 5.02. The Balaban J connectivity index is 1.69. The standard InChI is InChI=1S/C24H25BrN2O5S2/c1-15-5-7-17(8-6-15)26-21(28)14-32-22-18(25)11-16(12-19(22)31-3)13-20-23(29)27(24(33)34-20)9-4-10-30-2/h5-8,11-13H,4,9-10,14H2,1-3H3,(H,26,28)/b20-13-. The number of hydrogen-bond acceptors (Lipinski definition) is 7. The fourth-order valence-electron chi connectivity index (χ4n) is 3.15. The highest BCUT2D eigenvalue weighted by Crippen LogP contribution is 2.39. The van der Waals surface area contributed by atoms with E-state index in [9.17, 15) is 9.59 Å². The fraction of sp³-hybridized carbons (Fsp3) is 0.292. The van der Waals surface area contributed by atoms with Crippen molar-refractivity contribution in [2.75, 3.05) is 39.3 Å². The lowest BCUT2D eigenvalue weighted by atomic mass is 10.2. The maximum atomic E-state index is 12.8. The Morgan fingerprint density at radius 2 is 1.97 bits per heavy atom. The molecule has 10 heteroatoms. The number of ether oxygens (including phenoxy) is 3. The van der Waals surface area contributed by atoms with Gasteiger partial charge in [0.25, 0.3) is 11.8 Å². The minimum atomic E-state index is -0.293. The zero-order valence-electron chi connectivity index (χ0n) is 19.1. The van der Waals surface area contributed by atoms with Gasteiger partial charge in [0.15, 0.2) is 18.1 Å². The van der Waals surface area contributed by atoms with Crippen LogP contribution in [0.5, 0.6) is 11.5 Å². The van der Waals surface area contributed by atoms with Crippen molar-refractivity contribution in [2.24, 2.45) is 0 Å². The van der Waals surface area contributed by atoms with E-state index >= 15 is 0 Å². The summed E-state index contributed by atoms with van der Waals surface area (Å²) in [6, 6.07) is 11.0. The summed E-state index contributed by atoms with van der Waals surface area (Å²) in [6.45, 7) is 2.86. The maximum Gasteiger partial charge on any atom is 0.266 e. The molecule has 0 radical (unpaired) electrons. The molecule has 180 valence electrons. The molecule has 1 aliphatic heterocycles. The number of halogens is 1. The van der Waals surface area contributed by atoms with E-state index in [4.69, 9.17) is 26.4 Å². The van der Waals surface area contributed by atoms with Crippen molar-refractivity contribution in [3.63, 3.8) is 0 Å². The quantitative estimate of drug-likeness (QED) is 0.246. The summed E-state index contributed by atoms with van der Waals surface area (Å²) in [6.07, 6.45) is 2.47. The van der Waals surface area contributed by atoms with Gasteiger partial charge in [-0.15, -0.1) is 0 Å². The van der Waals surface area contributed by atoms with E-state index in [0.29, 0.717) is 50.5 Å². The molecular weight excluding hydrogens is 540 g/mol. The molecule has 0 atom stereocenters. The number of amides is 2. The number of carbonyl (C=O) groups is 2. The number of carbonyl (C=O) groups excluding carboxylic acids is 2. The van der Waals surface area contributed by atoms with Gasteiger partial charge < -0.3 is 19.5 Å². The van der Waals surface area contributed by atoms with E-state index in [1.165, 1.54) is 18.9 Å². The molecule has 2 aromatic rings. The number of nitrogens with zero attached hydrogens (tertiary/aromatic N) is 1. The van der Waals surface area contributed by atoms with Gasteiger partial charge in [0, 0.05) is 25.9 Å². The molecule has 34 heavy (non-hydrogen) atoms. The lowest BCUT2D eigenvalue weighted by Crippen LogP contribution is -2.29. The summed E-state index contributed by atoms with van der Waals surface area (Å²) in [5, 5.41) is 2.79. The molecule has 0 spiro atoms. The summed E-state index contributed by atoms with van der Waals surface area (Å²) < 4.78 is 17.4. The van der Waals surface area contributed by atoms with Crippen molar-refractivity contribution in [1.82, 2.24) is 4.90 Å². The van der Waals surface area contributed by atoms with Gasteiger partial charge in [-0.3, -0.25) is 14.5 Å². The first-order chi connectivity index (χ1) is 16.3. The summed E-state index contributed by atoms with van der Waals surface area (Å²) in [4.78, 5) is 27.2. The lowest BCUT2D eigenvalue weighted by Gasteiger charge is -2.14. The summed E-state index contributed by atoms with van der Waals surface area (Å²) in [5.74, 6) is 0.401. The molecule has 3 rings (SSSR count). The number of rotatable bonds is 10. The van der Waals surface area contributed by atoms with Crippen LogP contribution in [0.1, 0.15) is 17.5 Å². The van der Waals surface area contributed by atoms with Gasteiger partial charge in [-0.25, -0.2) is 0 Å². The maximum absolute atomic E-state index is 12.8. The van der Waals surface area contributed by atoms with E-state index in [0.717, 1.165) is 11.1 Å².